The summed E-state index contributed by atoms with van der Waals surface area (Å²) in [5, 5.41) is 14.9. The maximum absolute atomic E-state index is 11.6. The summed E-state index contributed by atoms with van der Waals surface area (Å²) in [5.74, 6) is -0.219. The largest absolute Gasteiger partial charge is 0.481 e. The van der Waals surface area contributed by atoms with Crippen LogP contribution in [0.2, 0.25) is 0 Å². The summed E-state index contributed by atoms with van der Waals surface area (Å²) < 4.78 is 1.81. The van der Waals surface area contributed by atoms with Crippen molar-refractivity contribution in [1.29, 1.82) is 0 Å². The predicted octanol–water partition coefficient (Wildman–Crippen LogP) is 4.33. The Labute approximate surface area is 199 Å². The van der Waals surface area contributed by atoms with Gasteiger partial charge in [0.15, 0.2) is 5.65 Å². The molecule has 4 heterocycles. The molecule has 1 fully saturated rings. The fraction of sp³-hybridized carbons (Fsp3) is 0.333. The maximum atomic E-state index is 11.6. The van der Waals surface area contributed by atoms with E-state index >= 15 is 0 Å². The second kappa shape index (κ2) is 10.1. The van der Waals surface area contributed by atoms with E-state index in [0.717, 1.165) is 66.9 Å². The zero-order valence-corrected chi connectivity index (χ0v) is 19.1. The van der Waals surface area contributed by atoms with Crippen LogP contribution in [0.1, 0.15) is 36.4 Å². The monoisotopic (exact) mass is 455 g/mol. The Hall–Kier alpha value is -3.58. The van der Waals surface area contributed by atoms with Crippen molar-refractivity contribution in [3.63, 3.8) is 0 Å². The van der Waals surface area contributed by atoms with E-state index in [9.17, 15) is 9.90 Å². The van der Waals surface area contributed by atoms with Gasteiger partial charge in [-0.1, -0.05) is 12.1 Å². The number of hydrogen-bond donors (Lipinski definition) is 1. The number of fused-ring (bicyclic) bond motifs is 1. The molecular formula is C27H29N5O2. The Morgan fingerprint density at radius 1 is 1.12 bits per heavy atom. The number of aromatic nitrogens is 4. The summed E-state index contributed by atoms with van der Waals surface area (Å²) in [6.07, 6.45) is 8.71. The summed E-state index contributed by atoms with van der Waals surface area (Å²) in [6.45, 7) is 2.76. The smallest absolute Gasteiger partial charge is 0.304 e. The van der Waals surface area contributed by atoms with Crippen LogP contribution in [0.15, 0.2) is 73.2 Å². The summed E-state index contributed by atoms with van der Waals surface area (Å²) in [7, 11) is 0. The summed E-state index contributed by atoms with van der Waals surface area (Å²) in [5.41, 5.74) is 3.90. The zero-order chi connectivity index (χ0) is 23.3. The van der Waals surface area contributed by atoms with Gasteiger partial charge in [-0.25, -0.2) is 14.6 Å². The van der Waals surface area contributed by atoms with Gasteiger partial charge in [-0.05, 0) is 79.8 Å². The number of benzene rings is 1. The van der Waals surface area contributed by atoms with Gasteiger partial charge in [-0.2, -0.15) is 5.10 Å². The molecule has 1 saturated heterocycles. The third-order valence-corrected chi connectivity index (χ3v) is 6.71. The van der Waals surface area contributed by atoms with Gasteiger partial charge in [0.05, 0.1) is 12.1 Å². The average Bonchev–Trinajstić information content (AvgIpc) is 3.55. The Bertz CT molecular complexity index is 1260. The number of aliphatic carboxylic acids is 1. The van der Waals surface area contributed by atoms with Crippen LogP contribution in [0, 0.1) is 5.92 Å². The molecule has 174 valence electrons. The first-order valence-electron chi connectivity index (χ1n) is 11.9. The Kier molecular flexibility index (Phi) is 6.62. The van der Waals surface area contributed by atoms with Crippen LogP contribution in [-0.2, 0) is 11.2 Å². The molecule has 2 atom stereocenters. The van der Waals surface area contributed by atoms with Crippen molar-refractivity contribution in [2.75, 3.05) is 19.6 Å². The van der Waals surface area contributed by atoms with Crippen LogP contribution in [-0.4, -0.2) is 55.4 Å². The van der Waals surface area contributed by atoms with E-state index < -0.39 is 5.97 Å². The van der Waals surface area contributed by atoms with Gasteiger partial charge in [-0.3, -0.25) is 4.79 Å². The summed E-state index contributed by atoms with van der Waals surface area (Å²) >= 11 is 0. The van der Waals surface area contributed by atoms with Crippen LogP contribution in [0.5, 0.6) is 0 Å². The van der Waals surface area contributed by atoms with Crippen LogP contribution < -0.4 is 0 Å². The minimum absolute atomic E-state index is 0.0556. The molecule has 4 aromatic rings. The Morgan fingerprint density at radius 2 is 2.06 bits per heavy atom. The van der Waals surface area contributed by atoms with Crippen molar-refractivity contribution in [2.24, 2.45) is 5.92 Å². The number of likely N-dealkylation sites (tertiary alicyclic amines) is 1. The van der Waals surface area contributed by atoms with E-state index in [1.165, 1.54) is 0 Å². The van der Waals surface area contributed by atoms with Crippen LogP contribution in [0.25, 0.3) is 16.7 Å². The molecule has 1 aliphatic rings. The van der Waals surface area contributed by atoms with Crippen molar-refractivity contribution in [3.05, 3.63) is 84.4 Å². The van der Waals surface area contributed by atoms with Crippen LogP contribution >= 0.6 is 0 Å². The number of rotatable bonds is 9. The van der Waals surface area contributed by atoms with E-state index in [2.05, 4.69) is 33.2 Å². The minimum atomic E-state index is -0.763. The number of carboxylic acids is 1. The molecule has 2 unspecified atom stereocenters. The lowest BCUT2D eigenvalue weighted by molar-refractivity contribution is -0.137. The fourth-order valence-electron chi connectivity index (χ4n) is 4.95. The molecule has 1 aromatic carbocycles. The molecule has 1 N–H and O–H groups in total. The third kappa shape index (κ3) is 5.31. The molecule has 7 nitrogen and oxygen atoms in total. The number of aryl methyl sites for hydroxylation is 1. The van der Waals surface area contributed by atoms with Crippen molar-refractivity contribution in [3.8, 4) is 5.69 Å². The quantitative estimate of drug-likeness (QED) is 0.404. The number of pyridine rings is 2. The SMILES string of the molecule is O=C(O)CC(CN1CCC(CCc2ccc3cccnc3n2)C1)c1cccc(-n2cccn2)c1. The second-order valence-electron chi connectivity index (χ2n) is 9.15. The number of nitrogens with zero attached hydrogens (tertiary/aromatic N) is 5. The van der Waals surface area contributed by atoms with Crippen molar-refractivity contribution < 1.29 is 9.90 Å². The standard InChI is InChI=1S/C27H29N5O2/c33-26(34)17-23(22-4-1-6-25(16-22)32-14-3-13-29-32)19-31-15-11-20(18-31)7-9-24-10-8-21-5-2-12-28-27(21)30-24/h1-6,8,10,12-14,16,20,23H,7,9,11,15,17-19H2,(H,33,34). The number of hydrogen-bond acceptors (Lipinski definition) is 5. The molecule has 0 radical (unpaired) electrons. The molecule has 34 heavy (non-hydrogen) atoms. The molecule has 1 aliphatic heterocycles. The highest BCUT2D eigenvalue weighted by Gasteiger charge is 2.26. The lowest BCUT2D eigenvalue weighted by Gasteiger charge is -2.23. The van der Waals surface area contributed by atoms with Gasteiger partial charge in [0.1, 0.15) is 0 Å². The van der Waals surface area contributed by atoms with Crippen molar-refractivity contribution in [2.45, 2.75) is 31.6 Å². The maximum Gasteiger partial charge on any atom is 0.304 e. The molecule has 0 saturated carbocycles. The van der Waals surface area contributed by atoms with E-state index in [1.807, 2.05) is 47.3 Å². The first kappa shape index (κ1) is 22.2. The molecule has 0 spiro atoms. The van der Waals surface area contributed by atoms with E-state index in [4.69, 9.17) is 4.98 Å². The van der Waals surface area contributed by atoms with Crippen LogP contribution in [0.3, 0.4) is 0 Å². The first-order valence-corrected chi connectivity index (χ1v) is 11.9. The Balaban J connectivity index is 1.21. The van der Waals surface area contributed by atoms with Gasteiger partial charge in [0, 0.05) is 48.7 Å². The van der Waals surface area contributed by atoms with Gasteiger partial charge >= 0.3 is 5.97 Å². The van der Waals surface area contributed by atoms with E-state index in [1.54, 1.807) is 12.4 Å². The van der Waals surface area contributed by atoms with Gasteiger partial charge in [0.25, 0.3) is 0 Å². The lowest BCUT2D eigenvalue weighted by atomic mass is 9.94. The van der Waals surface area contributed by atoms with Crippen molar-refractivity contribution >= 4 is 17.0 Å². The van der Waals surface area contributed by atoms with E-state index in [0.29, 0.717) is 5.92 Å². The fourth-order valence-corrected chi connectivity index (χ4v) is 4.95. The molecule has 3 aromatic heterocycles. The average molecular weight is 456 g/mol. The topological polar surface area (TPSA) is 84.1 Å². The van der Waals surface area contributed by atoms with Gasteiger partial charge in [0.2, 0.25) is 0 Å². The molecular weight excluding hydrogens is 426 g/mol. The highest BCUT2D eigenvalue weighted by Crippen LogP contribution is 2.28. The number of carboxylic acid groups (broad SMARTS) is 1. The number of carbonyl (C=O) groups is 1. The van der Waals surface area contributed by atoms with E-state index in [-0.39, 0.29) is 12.3 Å². The molecule has 7 heteroatoms. The van der Waals surface area contributed by atoms with Gasteiger partial charge < -0.3 is 10.0 Å². The Morgan fingerprint density at radius 3 is 2.91 bits per heavy atom. The highest BCUT2D eigenvalue weighted by molar-refractivity contribution is 5.74. The highest BCUT2D eigenvalue weighted by atomic mass is 16.4. The molecule has 5 rings (SSSR count). The van der Waals surface area contributed by atoms with Crippen LogP contribution in [0.4, 0.5) is 0 Å². The normalized spacial score (nSPS) is 17.2. The summed E-state index contributed by atoms with van der Waals surface area (Å²) in [4.78, 5) is 23.1. The molecule has 0 aliphatic carbocycles. The first-order chi connectivity index (χ1) is 16.6. The van der Waals surface area contributed by atoms with Crippen molar-refractivity contribution in [1.82, 2.24) is 24.6 Å². The third-order valence-electron chi connectivity index (χ3n) is 6.71. The molecule has 0 amide bonds. The summed E-state index contributed by atoms with van der Waals surface area (Å²) in [6, 6.07) is 18.1. The predicted molar refractivity (Wildman–Crippen MR) is 131 cm³/mol. The minimum Gasteiger partial charge on any atom is -0.481 e. The zero-order valence-electron chi connectivity index (χ0n) is 19.1. The second-order valence-corrected chi connectivity index (χ2v) is 9.15. The molecule has 0 bridgehead atoms. The lowest BCUT2D eigenvalue weighted by Crippen LogP contribution is -2.28. The van der Waals surface area contributed by atoms with Gasteiger partial charge in [-0.15, -0.1) is 0 Å².